The van der Waals surface area contributed by atoms with Gasteiger partial charge in [0.1, 0.15) is 5.75 Å². The van der Waals surface area contributed by atoms with Crippen LogP contribution >= 0.6 is 0 Å². The molecule has 0 spiro atoms. The molecule has 0 aliphatic carbocycles. The number of methoxy groups -OCH3 is 5. The highest BCUT2D eigenvalue weighted by molar-refractivity contribution is 5.91. The van der Waals surface area contributed by atoms with Crippen molar-refractivity contribution in [1.82, 2.24) is 0 Å². The van der Waals surface area contributed by atoms with Crippen LogP contribution in [0.1, 0.15) is 176 Å². The number of ether oxygens (including phenoxy) is 9. The zero-order valence-corrected chi connectivity index (χ0v) is 50.4. The Labute approximate surface area is 468 Å². The molecule has 0 radical (unpaired) electrons. The number of carbonyl (C=O) groups is 3. The van der Waals surface area contributed by atoms with Crippen LogP contribution in [0.5, 0.6) is 34.5 Å². The lowest BCUT2D eigenvalue weighted by Gasteiger charge is -2.50. The van der Waals surface area contributed by atoms with E-state index in [-0.39, 0.29) is 23.3 Å². The van der Waals surface area contributed by atoms with Crippen LogP contribution in [0.2, 0.25) is 0 Å². The largest absolute Gasteiger partial charge is 0.494 e. The molecule has 3 aromatic carbocycles. The second kappa shape index (κ2) is 31.4. The van der Waals surface area contributed by atoms with E-state index in [0.29, 0.717) is 84.7 Å². The number of rotatable bonds is 35. The first-order valence-corrected chi connectivity index (χ1v) is 28.0. The minimum absolute atomic E-state index is 0.130. The molecule has 0 N–H and O–H groups in total. The van der Waals surface area contributed by atoms with Gasteiger partial charge in [0.15, 0.2) is 23.0 Å². The normalized spacial score (nSPS) is 14.3. The van der Waals surface area contributed by atoms with Crippen LogP contribution in [0.25, 0.3) is 17.7 Å². The third-order valence-electron chi connectivity index (χ3n) is 15.7. The minimum atomic E-state index is -0.757. The van der Waals surface area contributed by atoms with Crippen molar-refractivity contribution in [2.45, 2.75) is 160 Å². The third kappa shape index (κ3) is 19.3. The fourth-order valence-electron chi connectivity index (χ4n) is 10.3. The van der Waals surface area contributed by atoms with Gasteiger partial charge in [-0.3, -0.25) is 9.59 Å². The molecule has 0 bridgehead atoms. The molecule has 0 amide bonds. The van der Waals surface area contributed by atoms with Crippen molar-refractivity contribution >= 4 is 35.6 Å². The molecule has 0 fully saturated rings. The molecule has 0 heterocycles. The second-order valence-corrected chi connectivity index (χ2v) is 23.5. The number of carbonyl (C=O) groups excluding carboxylic acids is 3. The smallest absolute Gasteiger partial charge is 0.330 e. The van der Waals surface area contributed by atoms with E-state index in [2.05, 4.69) is 87.0 Å². The van der Waals surface area contributed by atoms with E-state index in [9.17, 15) is 19.6 Å². The van der Waals surface area contributed by atoms with Gasteiger partial charge >= 0.3 is 17.9 Å². The maximum absolute atomic E-state index is 14.4. The predicted octanol–water partition coefficient (Wildman–Crippen LogP) is 15.4. The fraction of sp³-hybridized carbons (Fsp3) is 0.600. The molecule has 13 nitrogen and oxygen atoms in total. The Morgan fingerprint density at radius 3 is 1.62 bits per heavy atom. The second-order valence-electron chi connectivity index (χ2n) is 23.5. The van der Waals surface area contributed by atoms with Crippen LogP contribution in [0.4, 0.5) is 0 Å². The van der Waals surface area contributed by atoms with Gasteiger partial charge in [-0.05, 0) is 191 Å². The lowest BCUT2D eigenvalue weighted by Crippen LogP contribution is -2.49. The quantitative estimate of drug-likeness (QED) is 0.0137. The van der Waals surface area contributed by atoms with Crippen LogP contribution in [0.3, 0.4) is 0 Å². The summed E-state index contributed by atoms with van der Waals surface area (Å²) in [6, 6.07) is 18.8. The molecule has 0 saturated heterocycles. The van der Waals surface area contributed by atoms with E-state index in [1.54, 1.807) is 58.8 Å². The molecule has 3 aromatic rings. The van der Waals surface area contributed by atoms with E-state index in [1.807, 2.05) is 36.4 Å². The van der Waals surface area contributed by atoms with Crippen molar-refractivity contribution < 1.29 is 57.0 Å². The van der Waals surface area contributed by atoms with E-state index >= 15 is 0 Å². The summed E-state index contributed by atoms with van der Waals surface area (Å²) in [6.45, 7) is 25.6. The molecule has 3 rings (SSSR count). The Morgan fingerprint density at radius 1 is 0.603 bits per heavy atom. The number of unbranched alkanes of at least 4 members (excludes halogenated alkanes) is 6. The molecule has 432 valence electrons. The van der Waals surface area contributed by atoms with Gasteiger partial charge in [0.25, 0.3) is 0 Å². The van der Waals surface area contributed by atoms with Gasteiger partial charge in [0, 0.05) is 6.08 Å². The molecular weight excluding hydrogens is 987 g/mol. The summed E-state index contributed by atoms with van der Waals surface area (Å²) in [5, 5.41) is 10.1. The third-order valence-corrected chi connectivity index (χ3v) is 15.7. The number of esters is 3. The van der Waals surface area contributed by atoms with Crippen molar-refractivity contribution in [3.8, 4) is 40.6 Å². The Kier molecular flexibility index (Phi) is 26.6. The molecular formula is C65H95NO12. The zero-order chi connectivity index (χ0) is 58.2. The molecule has 0 aliphatic heterocycles. The summed E-state index contributed by atoms with van der Waals surface area (Å²) < 4.78 is 51.4. The molecule has 78 heavy (non-hydrogen) atoms. The average Bonchev–Trinajstić information content (AvgIpc) is 3.44. The summed E-state index contributed by atoms with van der Waals surface area (Å²) in [5.74, 6) is 2.86. The Hall–Kier alpha value is -6.16. The number of nitrogens with zero attached hydrogens (tertiary/aromatic N) is 1. The molecule has 0 aromatic heterocycles. The molecule has 0 aliphatic rings. The zero-order valence-electron chi connectivity index (χ0n) is 50.4. The first-order valence-electron chi connectivity index (χ1n) is 28.0. The number of hydrogen-bond donors (Lipinski definition) is 0. The highest BCUT2D eigenvalue weighted by atomic mass is 16.5. The predicted molar refractivity (Wildman–Crippen MR) is 311 cm³/mol. The van der Waals surface area contributed by atoms with Crippen LogP contribution in [0.15, 0.2) is 60.7 Å². The number of hydrogen-bond acceptors (Lipinski definition) is 13. The van der Waals surface area contributed by atoms with Crippen LogP contribution in [-0.2, 0) is 28.6 Å². The minimum Gasteiger partial charge on any atom is -0.494 e. The van der Waals surface area contributed by atoms with Gasteiger partial charge in [-0.25, -0.2) is 4.79 Å². The highest BCUT2D eigenvalue weighted by Crippen LogP contribution is 2.56. The van der Waals surface area contributed by atoms with E-state index in [1.165, 1.54) is 13.2 Å². The highest BCUT2D eigenvalue weighted by Gasteiger charge is 2.54. The van der Waals surface area contributed by atoms with E-state index in [4.69, 9.17) is 37.9 Å². The van der Waals surface area contributed by atoms with Gasteiger partial charge in [0.2, 0.25) is 5.75 Å². The van der Waals surface area contributed by atoms with Crippen molar-refractivity contribution in [1.29, 1.82) is 5.26 Å². The summed E-state index contributed by atoms with van der Waals surface area (Å²) >= 11 is 0. The first kappa shape index (κ1) is 66.1. The molecule has 13 heteroatoms. The van der Waals surface area contributed by atoms with Crippen molar-refractivity contribution in [3.63, 3.8) is 0 Å². The number of benzene rings is 3. The fourth-order valence-corrected chi connectivity index (χ4v) is 10.3. The lowest BCUT2D eigenvalue weighted by molar-refractivity contribution is -0.171. The summed E-state index contributed by atoms with van der Waals surface area (Å²) in [7, 11) is 7.61. The van der Waals surface area contributed by atoms with Gasteiger partial charge < -0.3 is 42.6 Å². The van der Waals surface area contributed by atoms with E-state index in [0.717, 1.165) is 81.9 Å². The monoisotopic (exact) mass is 1080 g/mol. The Bertz CT molecular complexity index is 2440. The molecule has 3 unspecified atom stereocenters. The summed E-state index contributed by atoms with van der Waals surface area (Å²) in [5.41, 5.74) is 0.195. The summed E-state index contributed by atoms with van der Waals surface area (Å²) in [4.78, 5) is 40.1. The van der Waals surface area contributed by atoms with Crippen LogP contribution in [0, 0.1) is 44.3 Å². The standard InChI is InChI=1S/C65H95NO12/c1-17-63(9,65(11,46-61(4,5)6)60(69)78-39-25-20-18-22-36-75-52-30-26-48(27-31-52)28-33-57(67)74-16)35-34-62(7,8)64(10,44-47(2)3)59(68)77-38-24-21-19-23-37-76-58-55(72-14)41-49(42-56(58)73-15)40-51(45-66)50-29-32-53(70-12)54(43-50)71-13/h26-33,40-43,47H,17-25,34-39,44,46H2,1-16H3. The Morgan fingerprint density at radius 2 is 1.13 bits per heavy atom. The van der Waals surface area contributed by atoms with Crippen molar-refractivity contribution in [3.05, 3.63) is 77.4 Å². The Balaban J connectivity index is 1.56. The number of nitriles is 1. The maximum atomic E-state index is 14.4. The maximum Gasteiger partial charge on any atom is 0.330 e. The lowest BCUT2D eigenvalue weighted by atomic mass is 9.54. The first-order chi connectivity index (χ1) is 36.9. The summed E-state index contributed by atoms with van der Waals surface area (Å²) in [6.07, 6.45) is 15.2. The topological polar surface area (TPSA) is 158 Å². The van der Waals surface area contributed by atoms with Gasteiger partial charge in [-0.15, -0.1) is 0 Å². The van der Waals surface area contributed by atoms with Crippen LogP contribution in [-0.4, -0.2) is 79.9 Å². The van der Waals surface area contributed by atoms with Gasteiger partial charge in [-0.2, -0.15) is 5.26 Å². The molecule has 3 atom stereocenters. The number of allylic oxidation sites excluding steroid dienone is 1. The average molecular weight is 1080 g/mol. The van der Waals surface area contributed by atoms with Crippen molar-refractivity contribution in [2.24, 2.45) is 33.0 Å². The van der Waals surface area contributed by atoms with E-state index < -0.39 is 27.6 Å². The molecule has 0 saturated carbocycles. The van der Waals surface area contributed by atoms with Crippen LogP contribution < -0.4 is 28.4 Å². The van der Waals surface area contributed by atoms with Gasteiger partial charge in [-0.1, -0.05) is 74.4 Å². The van der Waals surface area contributed by atoms with Crippen molar-refractivity contribution in [2.75, 3.05) is 62.0 Å². The van der Waals surface area contributed by atoms with Gasteiger partial charge in [0.05, 0.1) is 84.4 Å². The SMILES string of the molecule is CCC(C)(CCC(C)(C)C(C)(CC(C)C)C(=O)OCCCCCCOc1c(OC)cc(C=C(C#N)c2ccc(OC)c(OC)c2)cc1OC)C(C)(CC(C)(C)C)C(=O)OCCCCCCOc1ccc(C=CC(=O)OC)cc1.